The highest BCUT2D eigenvalue weighted by Gasteiger charge is 2.22. The number of hydrogen-bond acceptors (Lipinski definition) is 7. The number of nitrogens with zero attached hydrogens (tertiary/aromatic N) is 2. The summed E-state index contributed by atoms with van der Waals surface area (Å²) in [5.74, 6) is 1.06. The van der Waals surface area contributed by atoms with Gasteiger partial charge in [0, 0.05) is 23.2 Å². The number of fused-ring (bicyclic) bond motifs is 2. The lowest BCUT2D eigenvalue weighted by Gasteiger charge is -2.15. The molecule has 2 aromatic heterocycles. The molecule has 0 fully saturated rings. The highest BCUT2D eigenvalue weighted by Crippen LogP contribution is 2.35. The second-order valence-corrected chi connectivity index (χ2v) is 9.39. The van der Waals surface area contributed by atoms with E-state index in [4.69, 9.17) is 14.5 Å². The fourth-order valence-electron chi connectivity index (χ4n) is 3.12. The lowest BCUT2D eigenvalue weighted by molar-refractivity contribution is -0.115. The van der Waals surface area contributed by atoms with Gasteiger partial charge < -0.3 is 14.8 Å². The zero-order valence-electron chi connectivity index (χ0n) is 16.9. The molecular weight excluding hydrogens is 422 g/mol. The Kier molecular flexibility index (Phi) is 5.57. The molecular formula is C21H21N3O4S2. The fourth-order valence-corrected chi connectivity index (χ4v) is 5.11. The topological polar surface area (TPSA) is 82.5 Å². The van der Waals surface area contributed by atoms with Gasteiger partial charge in [0.25, 0.3) is 5.56 Å². The number of thioether (sulfide) groups is 1. The number of rotatable bonds is 6. The lowest BCUT2D eigenvalue weighted by atomic mass is 10.2. The average Bonchev–Trinajstić information content (AvgIpc) is 3.28. The van der Waals surface area contributed by atoms with Crippen molar-refractivity contribution < 1.29 is 14.3 Å². The number of allylic oxidation sites excluding steroid dienone is 1. The molecule has 0 unspecified atom stereocenters. The normalized spacial score (nSPS) is 13.4. The quantitative estimate of drug-likeness (QED) is 0.351. The molecule has 1 amide bonds. The van der Waals surface area contributed by atoms with Crippen molar-refractivity contribution >= 4 is 44.9 Å². The molecule has 156 valence electrons. The predicted octanol–water partition coefficient (Wildman–Crippen LogP) is 4.11. The summed E-state index contributed by atoms with van der Waals surface area (Å²) in [6.07, 6.45) is 1.66. The number of hydrogen-bond donors (Lipinski definition) is 1. The lowest BCUT2D eigenvalue weighted by Crippen LogP contribution is -2.26. The van der Waals surface area contributed by atoms with Crippen LogP contribution in [0.5, 0.6) is 11.5 Å². The minimum Gasteiger partial charge on any atom is -0.454 e. The summed E-state index contributed by atoms with van der Waals surface area (Å²) >= 11 is 2.74. The Morgan fingerprint density at radius 1 is 1.40 bits per heavy atom. The summed E-state index contributed by atoms with van der Waals surface area (Å²) < 4.78 is 12.2. The molecule has 0 radical (unpaired) electrons. The van der Waals surface area contributed by atoms with Crippen LogP contribution in [0.2, 0.25) is 0 Å². The number of nitrogens with one attached hydrogen (secondary N) is 1. The van der Waals surface area contributed by atoms with Crippen LogP contribution in [0.25, 0.3) is 10.2 Å². The van der Waals surface area contributed by atoms with Crippen LogP contribution >= 0.6 is 23.1 Å². The Bertz CT molecular complexity index is 1220. The van der Waals surface area contributed by atoms with Gasteiger partial charge in [0.15, 0.2) is 16.7 Å². The maximum atomic E-state index is 13.1. The van der Waals surface area contributed by atoms with Crippen molar-refractivity contribution in [2.24, 2.45) is 0 Å². The van der Waals surface area contributed by atoms with Gasteiger partial charge in [-0.3, -0.25) is 14.2 Å². The summed E-state index contributed by atoms with van der Waals surface area (Å²) in [5.41, 5.74) is 1.47. The molecule has 1 aliphatic heterocycles. The highest BCUT2D eigenvalue weighted by molar-refractivity contribution is 8.00. The number of aryl methyl sites for hydroxylation is 2. The van der Waals surface area contributed by atoms with E-state index in [1.165, 1.54) is 23.1 Å². The second-order valence-electron chi connectivity index (χ2n) is 6.88. The monoisotopic (exact) mass is 443 g/mol. The van der Waals surface area contributed by atoms with Gasteiger partial charge in [0.05, 0.1) is 10.6 Å². The van der Waals surface area contributed by atoms with Crippen molar-refractivity contribution in [3.05, 3.63) is 51.6 Å². The third kappa shape index (κ3) is 3.70. The Morgan fingerprint density at radius 2 is 2.17 bits per heavy atom. The predicted molar refractivity (Wildman–Crippen MR) is 120 cm³/mol. The van der Waals surface area contributed by atoms with E-state index in [1.807, 2.05) is 13.8 Å². The number of carbonyl (C=O) groups excluding carboxylic acids is 1. The third-order valence-electron chi connectivity index (χ3n) is 4.86. The van der Waals surface area contributed by atoms with Gasteiger partial charge in [0.1, 0.15) is 4.83 Å². The van der Waals surface area contributed by atoms with Crippen LogP contribution in [0, 0.1) is 13.8 Å². The van der Waals surface area contributed by atoms with Gasteiger partial charge in [-0.2, -0.15) is 0 Å². The van der Waals surface area contributed by atoms with E-state index in [2.05, 4.69) is 11.9 Å². The molecule has 0 saturated carbocycles. The molecule has 0 spiro atoms. The first kappa shape index (κ1) is 20.5. The van der Waals surface area contributed by atoms with Crippen molar-refractivity contribution in [3.8, 4) is 11.5 Å². The maximum absolute atomic E-state index is 13.1. The van der Waals surface area contributed by atoms with Crippen molar-refractivity contribution in [3.63, 3.8) is 0 Å². The number of amides is 1. The molecule has 1 aromatic carbocycles. The molecule has 0 bridgehead atoms. The van der Waals surface area contributed by atoms with Gasteiger partial charge in [-0.1, -0.05) is 17.8 Å². The number of anilines is 1. The molecule has 9 heteroatoms. The Balaban J connectivity index is 1.59. The van der Waals surface area contributed by atoms with Crippen molar-refractivity contribution in [2.75, 3.05) is 12.1 Å². The molecule has 30 heavy (non-hydrogen) atoms. The average molecular weight is 444 g/mol. The maximum Gasteiger partial charge on any atom is 0.263 e. The van der Waals surface area contributed by atoms with Crippen molar-refractivity contribution in [1.82, 2.24) is 9.55 Å². The first-order chi connectivity index (χ1) is 14.4. The Morgan fingerprint density at radius 3 is 2.93 bits per heavy atom. The van der Waals surface area contributed by atoms with E-state index in [-0.39, 0.29) is 18.3 Å². The first-order valence-electron chi connectivity index (χ1n) is 9.37. The van der Waals surface area contributed by atoms with E-state index in [9.17, 15) is 9.59 Å². The molecule has 1 aliphatic rings. The van der Waals surface area contributed by atoms with Crippen LogP contribution in [0.4, 0.5) is 5.69 Å². The smallest absolute Gasteiger partial charge is 0.263 e. The van der Waals surface area contributed by atoms with E-state index in [0.29, 0.717) is 39.1 Å². The molecule has 7 nitrogen and oxygen atoms in total. The standard InChI is InChI=1S/C21H21N3O4S2/c1-5-8-24-20(26)17-11(2)12(3)29-19(17)23-21(24)30-13(4)18(25)22-14-6-7-15-16(9-14)28-10-27-15/h5-7,9,13H,1,8,10H2,2-4H3,(H,22,25)/t13-/m1/s1. The van der Waals surface area contributed by atoms with E-state index in [1.54, 1.807) is 35.8 Å². The summed E-state index contributed by atoms with van der Waals surface area (Å²) in [6.45, 7) is 9.95. The second kappa shape index (κ2) is 8.16. The third-order valence-corrected chi connectivity index (χ3v) is 7.05. The summed E-state index contributed by atoms with van der Waals surface area (Å²) in [4.78, 5) is 32.3. The molecule has 0 aliphatic carbocycles. The Labute approximate surface area is 181 Å². The Hall–Kier alpha value is -2.78. The van der Waals surface area contributed by atoms with Crippen LogP contribution in [-0.2, 0) is 11.3 Å². The SMILES string of the molecule is C=CCn1c(S[C@H](C)C(=O)Nc2ccc3c(c2)OCO3)nc2sc(C)c(C)c2c1=O. The minimum absolute atomic E-state index is 0.104. The first-order valence-corrected chi connectivity index (χ1v) is 11.1. The number of carbonyl (C=O) groups is 1. The van der Waals surface area contributed by atoms with Gasteiger partial charge >= 0.3 is 0 Å². The van der Waals surface area contributed by atoms with Crippen LogP contribution < -0.4 is 20.3 Å². The van der Waals surface area contributed by atoms with E-state index < -0.39 is 5.25 Å². The van der Waals surface area contributed by atoms with E-state index in [0.717, 1.165) is 10.4 Å². The molecule has 4 rings (SSSR count). The van der Waals surface area contributed by atoms with Crippen molar-refractivity contribution in [2.45, 2.75) is 37.7 Å². The summed E-state index contributed by atoms with van der Waals surface area (Å²) in [6, 6.07) is 5.25. The number of aromatic nitrogens is 2. The fraction of sp³-hybridized carbons (Fsp3) is 0.286. The zero-order chi connectivity index (χ0) is 21.4. The van der Waals surface area contributed by atoms with Gasteiger partial charge in [0.2, 0.25) is 12.7 Å². The van der Waals surface area contributed by atoms with Crippen LogP contribution in [0.3, 0.4) is 0 Å². The van der Waals surface area contributed by atoms with Crippen LogP contribution in [-0.4, -0.2) is 27.5 Å². The largest absolute Gasteiger partial charge is 0.454 e. The van der Waals surface area contributed by atoms with Gasteiger partial charge in [-0.05, 0) is 38.5 Å². The molecule has 3 heterocycles. The van der Waals surface area contributed by atoms with Gasteiger partial charge in [-0.15, -0.1) is 17.9 Å². The molecule has 1 atom stereocenters. The molecule has 1 N–H and O–H groups in total. The van der Waals surface area contributed by atoms with Crippen LogP contribution in [0.15, 0.2) is 40.8 Å². The van der Waals surface area contributed by atoms with E-state index >= 15 is 0 Å². The minimum atomic E-state index is -0.474. The summed E-state index contributed by atoms with van der Waals surface area (Å²) in [7, 11) is 0. The number of benzene rings is 1. The van der Waals surface area contributed by atoms with Crippen molar-refractivity contribution in [1.29, 1.82) is 0 Å². The molecule has 3 aromatic rings. The van der Waals surface area contributed by atoms with Crippen LogP contribution in [0.1, 0.15) is 17.4 Å². The molecule has 0 saturated heterocycles. The summed E-state index contributed by atoms with van der Waals surface area (Å²) in [5, 5.41) is 3.55. The zero-order valence-corrected chi connectivity index (χ0v) is 18.5. The number of ether oxygens (including phenoxy) is 2. The number of thiophene rings is 1. The van der Waals surface area contributed by atoms with Gasteiger partial charge in [-0.25, -0.2) is 4.98 Å². The highest BCUT2D eigenvalue weighted by atomic mass is 32.2.